The Morgan fingerprint density at radius 3 is 2.14 bits per heavy atom. The molecule has 0 atom stereocenters. The minimum atomic E-state index is -4.44. The van der Waals surface area contributed by atoms with E-state index in [9.17, 15) is 23.2 Å². The van der Waals surface area contributed by atoms with Crippen LogP contribution in [0.25, 0.3) is 11.1 Å². The highest BCUT2D eigenvalue weighted by atomic mass is 32.2. The zero-order valence-electron chi connectivity index (χ0n) is 16.1. The van der Waals surface area contributed by atoms with Gasteiger partial charge >= 0.3 is 5.51 Å². The van der Waals surface area contributed by atoms with E-state index in [1.165, 1.54) is 0 Å². The second-order valence-electron chi connectivity index (χ2n) is 6.53. The molecular weight excluding hydrogens is 395 g/mol. The summed E-state index contributed by atoms with van der Waals surface area (Å²) >= 11 is -0.233. The summed E-state index contributed by atoms with van der Waals surface area (Å²) in [5.74, 6) is -0.191. The molecule has 2 aromatic rings. The summed E-state index contributed by atoms with van der Waals surface area (Å²) < 4.78 is 38.5. The number of nitrogens with zero attached hydrogens (tertiary/aromatic N) is 1. The smallest absolute Gasteiger partial charge is 0.294 e. The van der Waals surface area contributed by atoms with E-state index in [1.807, 2.05) is 55.5 Å². The van der Waals surface area contributed by atoms with Crippen LogP contribution in [0, 0.1) is 11.3 Å². The van der Waals surface area contributed by atoms with Gasteiger partial charge in [0.2, 0.25) is 0 Å². The standard InChI is InChI=1S/C23H22F3NOS/c1-2-3-9-22(29-23(24,25)26)20(16-27)14-15-21(28)19-12-10-18(11-13-19)17-7-5-4-6-8-17/h4-8,10-13H,2-3,9,14-15H2,1H3/b22-20+. The van der Waals surface area contributed by atoms with Gasteiger partial charge in [0, 0.05) is 22.5 Å². The Morgan fingerprint density at radius 2 is 1.59 bits per heavy atom. The predicted molar refractivity (Wildman–Crippen MR) is 111 cm³/mol. The molecule has 0 unspecified atom stereocenters. The zero-order chi connectivity index (χ0) is 21.3. The average Bonchev–Trinajstić information content (AvgIpc) is 2.71. The second-order valence-corrected chi connectivity index (χ2v) is 7.69. The second kappa shape index (κ2) is 10.9. The summed E-state index contributed by atoms with van der Waals surface area (Å²) in [5, 5.41) is 9.34. The van der Waals surface area contributed by atoms with Crippen LogP contribution < -0.4 is 0 Å². The Morgan fingerprint density at radius 1 is 0.966 bits per heavy atom. The molecule has 0 aromatic heterocycles. The number of ketones is 1. The molecule has 0 N–H and O–H groups in total. The van der Waals surface area contributed by atoms with Gasteiger partial charge in [-0.05, 0) is 42.2 Å². The fourth-order valence-corrected chi connectivity index (χ4v) is 3.66. The van der Waals surface area contributed by atoms with Crippen LogP contribution in [0.5, 0.6) is 0 Å². The molecule has 2 rings (SSSR count). The molecule has 2 nitrogen and oxygen atoms in total. The SMILES string of the molecule is CCCC/C(SC(F)(F)F)=C(\C#N)CCC(=O)c1ccc(-c2ccccc2)cc1. The van der Waals surface area contributed by atoms with Crippen molar-refractivity contribution >= 4 is 17.5 Å². The normalized spacial score (nSPS) is 12.2. The van der Waals surface area contributed by atoms with Crippen molar-refractivity contribution in [2.45, 2.75) is 44.5 Å². The van der Waals surface area contributed by atoms with Crippen LogP contribution in [0.15, 0.2) is 65.1 Å². The molecular formula is C23H22F3NOS. The third kappa shape index (κ3) is 7.43. The lowest BCUT2D eigenvalue weighted by Crippen LogP contribution is -2.04. The third-order valence-corrected chi connectivity index (χ3v) is 5.31. The zero-order valence-corrected chi connectivity index (χ0v) is 16.9. The molecule has 0 spiro atoms. The average molecular weight is 417 g/mol. The lowest BCUT2D eigenvalue weighted by atomic mass is 9.99. The Labute approximate surface area is 173 Å². The number of alkyl halides is 3. The number of carbonyl (C=O) groups is 1. The summed E-state index contributed by atoms with van der Waals surface area (Å²) in [6, 6.07) is 18.7. The Balaban J connectivity index is 2.09. The van der Waals surface area contributed by atoms with E-state index in [0.29, 0.717) is 12.0 Å². The Kier molecular flexibility index (Phi) is 8.53. The van der Waals surface area contributed by atoms with Crippen LogP contribution in [-0.2, 0) is 0 Å². The van der Waals surface area contributed by atoms with Crippen LogP contribution >= 0.6 is 11.8 Å². The van der Waals surface area contributed by atoms with E-state index < -0.39 is 5.51 Å². The van der Waals surface area contributed by atoms with Gasteiger partial charge in [-0.2, -0.15) is 18.4 Å². The van der Waals surface area contributed by atoms with E-state index in [-0.39, 0.29) is 47.3 Å². The van der Waals surface area contributed by atoms with Gasteiger partial charge in [0.05, 0.1) is 6.07 Å². The maximum absolute atomic E-state index is 12.8. The lowest BCUT2D eigenvalue weighted by molar-refractivity contribution is -0.0322. The molecule has 0 saturated heterocycles. The predicted octanol–water partition coefficient (Wildman–Crippen LogP) is 7.54. The van der Waals surface area contributed by atoms with Gasteiger partial charge < -0.3 is 0 Å². The molecule has 0 heterocycles. The van der Waals surface area contributed by atoms with Gasteiger partial charge in [0.15, 0.2) is 5.78 Å². The topological polar surface area (TPSA) is 40.9 Å². The van der Waals surface area contributed by atoms with Gasteiger partial charge in [-0.15, -0.1) is 0 Å². The van der Waals surface area contributed by atoms with Crippen molar-refractivity contribution in [3.63, 3.8) is 0 Å². The molecule has 0 aliphatic rings. The van der Waals surface area contributed by atoms with Gasteiger partial charge in [-0.3, -0.25) is 4.79 Å². The van der Waals surface area contributed by atoms with Crippen molar-refractivity contribution in [3.8, 4) is 17.2 Å². The van der Waals surface area contributed by atoms with Crippen LogP contribution in [-0.4, -0.2) is 11.3 Å². The third-order valence-electron chi connectivity index (χ3n) is 4.38. The number of halogens is 3. The fraction of sp³-hybridized carbons (Fsp3) is 0.304. The largest absolute Gasteiger partial charge is 0.446 e. The first-order chi connectivity index (χ1) is 13.8. The molecule has 0 amide bonds. The van der Waals surface area contributed by atoms with Crippen molar-refractivity contribution in [2.75, 3.05) is 0 Å². The number of allylic oxidation sites excluding steroid dienone is 2. The summed E-state index contributed by atoms with van der Waals surface area (Å²) in [6.45, 7) is 1.88. The molecule has 0 radical (unpaired) electrons. The first-order valence-electron chi connectivity index (χ1n) is 9.40. The number of benzene rings is 2. The highest BCUT2D eigenvalue weighted by molar-refractivity contribution is 8.03. The highest BCUT2D eigenvalue weighted by Gasteiger charge is 2.31. The number of carbonyl (C=O) groups excluding carboxylic acids is 1. The lowest BCUT2D eigenvalue weighted by Gasteiger charge is -2.12. The number of rotatable bonds is 9. The van der Waals surface area contributed by atoms with Crippen molar-refractivity contribution < 1.29 is 18.0 Å². The number of Topliss-reactive ketones (excluding diaryl/α,β-unsaturated/α-hetero) is 1. The highest BCUT2D eigenvalue weighted by Crippen LogP contribution is 2.40. The van der Waals surface area contributed by atoms with Crippen LogP contribution in [0.1, 0.15) is 49.4 Å². The maximum Gasteiger partial charge on any atom is 0.446 e. The Bertz CT molecular complexity index is 881. The minimum Gasteiger partial charge on any atom is -0.294 e. The first-order valence-corrected chi connectivity index (χ1v) is 10.2. The molecule has 29 heavy (non-hydrogen) atoms. The van der Waals surface area contributed by atoms with Gasteiger partial charge in [0.1, 0.15) is 0 Å². The molecule has 0 aliphatic carbocycles. The van der Waals surface area contributed by atoms with Crippen molar-refractivity contribution in [1.29, 1.82) is 5.26 Å². The van der Waals surface area contributed by atoms with E-state index in [2.05, 4.69) is 0 Å². The number of hydrogen-bond donors (Lipinski definition) is 0. The molecule has 0 saturated carbocycles. The monoisotopic (exact) mass is 417 g/mol. The van der Waals surface area contributed by atoms with Crippen molar-refractivity contribution in [2.24, 2.45) is 0 Å². The molecule has 0 fully saturated rings. The summed E-state index contributed by atoms with van der Waals surface area (Å²) in [6.07, 6.45) is 1.51. The quantitative estimate of drug-likeness (QED) is 0.313. The van der Waals surface area contributed by atoms with Crippen LogP contribution in [0.3, 0.4) is 0 Å². The maximum atomic E-state index is 12.8. The van der Waals surface area contributed by atoms with E-state index in [0.717, 1.165) is 17.5 Å². The van der Waals surface area contributed by atoms with Crippen molar-refractivity contribution in [3.05, 3.63) is 70.6 Å². The number of unbranched alkanes of at least 4 members (excludes halogenated alkanes) is 1. The molecule has 6 heteroatoms. The van der Waals surface area contributed by atoms with E-state index in [4.69, 9.17) is 0 Å². The summed E-state index contributed by atoms with van der Waals surface area (Å²) in [7, 11) is 0. The molecule has 2 aromatic carbocycles. The van der Waals surface area contributed by atoms with Crippen molar-refractivity contribution in [1.82, 2.24) is 0 Å². The summed E-state index contributed by atoms with van der Waals surface area (Å²) in [4.78, 5) is 12.5. The van der Waals surface area contributed by atoms with Crippen LogP contribution in [0.4, 0.5) is 13.2 Å². The Hall–Kier alpha value is -2.52. The van der Waals surface area contributed by atoms with Gasteiger partial charge in [-0.25, -0.2) is 0 Å². The number of thioether (sulfide) groups is 1. The van der Waals surface area contributed by atoms with E-state index in [1.54, 1.807) is 12.1 Å². The molecule has 0 bridgehead atoms. The first kappa shape index (κ1) is 22.8. The minimum absolute atomic E-state index is 0.00161. The van der Waals surface area contributed by atoms with Gasteiger partial charge in [0.25, 0.3) is 0 Å². The fourth-order valence-electron chi connectivity index (χ4n) is 2.86. The molecule has 0 aliphatic heterocycles. The number of nitriles is 1. The number of hydrogen-bond acceptors (Lipinski definition) is 3. The molecule has 152 valence electrons. The van der Waals surface area contributed by atoms with Gasteiger partial charge in [-0.1, -0.05) is 67.9 Å². The van der Waals surface area contributed by atoms with E-state index >= 15 is 0 Å². The summed E-state index contributed by atoms with van der Waals surface area (Å²) in [5.41, 5.74) is -1.90. The van der Waals surface area contributed by atoms with Crippen LogP contribution in [0.2, 0.25) is 0 Å².